The van der Waals surface area contributed by atoms with E-state index in [-0.39, 0.29) is 4.90 Å². The van der Waals surface area contributed by atoms with E-state index in [4.69, 9.17) is 17.3 Å². The predicted octanol–water partition coefficient (Wildman–Crippen LogP) is 2.86. The summed E-state index contributed by atoms with van der Waals surface area (Å²) in [5, 5.41) is 0.460. The van der Waals surface area contributed by atoms with Gasteiger partial charge in [-0.05, 0) is 25.0 Å². The number of rotatable bonds is 2. The van der Waals surface area contributed by atoms with E-state index >= 15 is 0 Å². The van der Waals surface area contributed by atoms with E-state index in [1.54, 1.807) is 18.2 Å². The first kappa shape index (κ1) is 13.8. The second-order valence-electron chi connectivity index (χ2n) is 5.10. The molecule has 2 rings (SSSR count). The Bertz CT molecular complexity index is 548. The van der Waals surface area contributed by atoms with E-state index < -0.39 is 15.4 Å². The Morgan fingerprint density at radius 2 is 1.83 bits per heavy atom. The highest BCUT2D eigenvalue weighted by Gasteiger charge is 2.35. The number of hydrogen-bond acceptors (Lipinski definition) is 3. The molecule has 1 aromatic rings. The van der Waals surface area contributed by atoms with Crippen LogP contribution < -0.4 is 5.73 Å². The summed E-state index contributed by atoms with van der Waals surface area (Å²) >= 11 is 6.21. The topological polar surface area (TPSA) is 60.2 Å². The van der Waals surface area contributed by atoms with Crippen LogP contribution in [-0.4, -0.2) is 14.7 Å². The lowest BCUT2D eigenvalue weighted by molar-refractivity contribution is 0.297. The average Bonchev–Trinajstić information content (AvgIpc) is 2.28. The van der Waals surface area contributed by atoms with Crippen molar-refractivity contribution < 1.29 is 8.42 Å². The quantitative estimate of drug-likeness (QED) is 0.910. The van der Waals surface area contributed by atoms with Crippen LogP contribution in [0, 0.1) is 0 Å². The van der Waals surface area contributed by atoms with Gasteiger partial charge in [-0.3, -0.25) is 0 Å². The van der Waals surface area contributed by atoms with Crippen LogP contribution in [-0.2, 0) is 15.4 Å². The Morgan fingerprint density at radius 1 is 1.22 bits per heavy atom. The second kappa shape index (κ2) is 4.83. The van der Waals surface area contributed by atoms with E-state index in [2.05, 4.69) is 0 Å². The van der Waals surface area contributed by atoms with Crippen molar-refractivity contribution >= 4 is 21.4 Å². The monoisotopic (exact) mass is 287 g/mol. The fourth-order valence-corrected chi connectivity index (χ4v) is 4.16. The first-order valence-corrected chi connectivity index (χ1v) is 8.39. The number of nitrogens with two attached hydrogens (primary N) is 1. The lowest BCUT2D eigenvalue weighted by Crippen LogP contribution is -2.40. The number of halogens is 1. The van der Waals surface area contributed by atoms with Crippen molar-refractivity contribution in [1.82, 2.24) is 0 Å². The molecule has 1 saturated carbocycles. The van der Waals surface area contributed by atoms with Crippen molar-refractivity contribution in [2.45, 2.75) is 42.5 Å². The van der Waals surface area contributed by atoms with Crippen molar-refractivity contribution in [2.75, 3.05) is 6.26 Å². The molecule has 0 spiro atoms. The second-order valence-corrected chi connectivity index (χ2v) is 7.49. The molecule has 1 fully saturated rings. The summed E-state index contributed by atoms with van der Waals surface area (Å²) in [6, 6.07) is 4.98. The van der Waals surface area contributed by atoms with Gasteiger partial charge in [0, 0.05) is 22.4 Å². The minimum absolute atomic E-state index is 0.277. The van der Waals surface area contributed by atoms with Crippen LogP contribution in [0.1, 0.15) is 37.7 Å². The summed E-state index contributed by atoms with van der Waals surface area (Å²) in [5.41, 5.74) is 6.43. The average molecular weight is 288 g/mol. The maximum atomic E-state index is 11.9. The Hall–Kier alpha value is -0.580. The highest BCUT2D eigenvalue weighted by Crippen LogP contribution is 2.41. The Kier molecular flexibility index (Phi) is 3.72. The van der Waals surface area contributed by atoms with Crippen LogP contribution in [0.15, 0.2) is 23.1 Å². The molecule has 0 bridgehead atoms. The van der Waals surface area contributed by atoms with Gasteiger partial charge in [-0.2, -0.15) is 0 Å². The van der Waals surface area contributed by atoms with Gasteiger partial charge in [-0.1, -0.05) is 36.9 Å². The van der Waals surface area contributed by atoms with Gasteiger partial charge in [0.05, 0.1) is 4.90 Å². The van der Waals surface area contributed by atoms with Crippen LogP contribution in [0.2, 0.25) is 5.02 Å². The standard InChI is InChI=1S/C13H18ClNO2S/c1-18(16,17)11-7-5-6-10(14)12(11)13(15)8-3-2-4-9-13/h5-7H,2-4,8-9,15H2,1H3. The van der Waals surface area contributed by atoms with Crippen LogP contribution in [0.25, 0.3) is 0 Å². The highest BCUT2D eigenvalue weighted by atomic mass is 35.5. The normalized spacial score (nSPS) is 19.7. The zero-order valence-corrected chi connectivity index (χ0v) is 12.0. The summed E-state index contributed by atoms with van der Waals surface area (Å²) in [5.74, 6) is 0. The molecule has 0 atom stereocenters. The van der Waals surface area contributed by atoms with E-state index in [9.17, 15) is 8.42 Å². The van der Waals surface area contributed by atoms with E-state index in [1.807, 2.05) is 0 Å². The lowest BCUT2D eigenvalue weighted by atomic mass is 9.77. The third-order valence-electron chi connectivity index (χ3n) is 3.62. The van der Waals surface area contributed by atoms with Crippen molar-refractivity contribution in [3.8, 4) is 0 Å². The number of sulfone groups is 1. The summed E-state index contributed by atoms with van der Waals surface area (Å²) in [7, 11) is -3.31. The molecular weight excluding hydrogens is 270 g/mol. The van der Waals surface area contributed by atoms with E-state index in [0.29, 0.717) is 10.6 Å². The molecule has 1 aliphatic rings. The fraction of sp³-hybridized carbons (Fsp3) is 0.538. The number of benzene rings is 1. The smallest absolute Gasteiger partial charge is 0.175 e. The van der Waals surface area contributed by atoms with Crippen LogP contribution >= 0.6 is 11.6 Å². The molecule has 0 saturated heterocycles. The zero-order valence-electron chi connectivity index (χ0n) is 10.4. The summed E-state index contributed by atoms with van der Waals surface area (Å²) < 4.78 is 23.8. The molecule has 0 aromatic heterocycles. The number of hydrogen-bond donors (Lipinski definition) is 1. The Labute approximate surface area is 113 Å². The molecule has 0 unspecified atom stereocenters. The van der Waals surface area contributed by atoms with E-state index in [0.717, 1.165) is 32.1 Å². The first-order chi connectivity index (χ1) is 8.34. The van der Waals surface area contributed by atoms with Gasteiger partial charge in [-0.25, -0.2) is 8.42 Å². The lowest BCUT2D eigenvalue weighted by Gasteiger charge is -2.35. The predicted molar refractivity (Wildman–Crippen MR) is 73.5 cm³/mol. The van der Waals surface area contributed by atoms with Crippen LogP contribution in [0.4, 0.5) is 0 Å². The third-order valence-corrected chi connectivity index (χ3v) is 5.07. The largest absolute Gasteiger partial charge is 0.321 e. The first-order valence-electron chi connectivity index (χ1n) is 6.12. The maximum Gasteiger partial charge on any atom is 0.175 e. The third kappa shape index (κ3) is 2.56. The molecule has 3 nitrogen and oxygen atoms in total. The van der Waals surface area contributed by atoms with Gasteiger partial charge >= 0.3 is 0 Å². The van der Waals surface area contributed by atoms with Gasteiger partial charge in [0.1, 0.15) is 0 Å². The van der Waals surface area contributed by atoms with Crippen LogP contribution in [0.5, 0.6) is 0 Å². The Morgan fingerprint density at radius 3 is 2.39 bits per heavy atom. The molecule has 2 N–H and O–H groups in total. The summed E-state index contributed by atoms with van der Waals surface area (Å²) in [6.07, 6.45) is 5.97. The molecule has 0 heterocycles. The van der Waals surface area contributed by atoms with Crippen molar-refractivity contribution in [3.05, 3.63) is 28.8 Å². The van der Waals surface area contributed by atoms with Gasteiger partial charge in [0.15, 0.2) is 9.84 Å². The molecule has 5 heteroatoms. The fourth-order valence-electron chi connectivity index (χ4n) is 2.73. The molecule has 1 aromatic carbocycles. The summed E-state index contributed by atoms with van der Waals surface area (Å²) in [6.45, 7) is 0. The maximum absolute atomic E-state index is 11.9. The molecule has 0 amide bonds. The molecular formula is C13H18ClNO2S. The molecule has 18 heavy (non-hydrogen) atoms. The van der Waals surface area contributed by atoms with Crippen molar-refractivity contribution in [1.29, 1.82) is 0 Å². The SMILES string of the molecule is CS(=O)(=O)c1cccc(Cl)c1C1(N)CCCCC1. The minimum atomic E-state index is -3.31. The highest BCUT2D eigenvalue weighted by molar-refractivity contribution is 7.90. The molecule has 1 aliphatic carbocycles. The van der Waals surface area contributed by atoms with Crippen molar-refractivity contribution in [3.63, 3.8) is 0 Å². The van der Waals surface area contributed by atoms with Crippen molar-refractivity contribution in [2.24, 2.45) is 5.73 Å². The minimum Gasteiger partial charge on any atom is -0.321 e. The van der Waals surface area contributed by atoms with Crippen LogP contribution in [0.3, 0.4) is 0 Å². The molecule has 0 radical (unpaired) electrons. The van der Waals surface area contributed by atoms with Gasteiger partial charge < -0.3 is 5.73 Å². The molecule has 0 aliphatic heterocycles. The summed E-state index contributed by atoms with van der Waals surface area (Å²) in [4.78, 5) is 0.277. The Balaban J connectivity index is 2.62. The van der Waals surface area contributed by atoms with Gasteiger partial charge in [0.25, 0.3) is 0 Å². The molecule has 100 valence electrons. The van der Waals surface area contributed by atoms with Gasteiger partial charge in [-0.15, -0.1) is 0 Å². The van der Waals surface area contributed by atoms with Gasteiger partial charge in [0.2, 0.25) is 0 Å². The zero-order chi connectivity index (χ0) is 13.4. The van der Waals surface area contributed by atoms with E-state index in [1.165, 1.54) is 6.26 Å².